The third-order valence-corrected chi connectivity index (χ3v) is 6.49. The molecule has 0 radical (unpaired) electrons. The van der Waals surface area contributed by atoms with Gasteiger partial charge in [-0.05, 0) is 18.9 Å². The first-order chi connectivity index (χ1) is 17.7. The second-order valence-electron chi connectivity index (χ2n) is 8.68. The van der Waals surface area contributed by atoms with E-state index in [1.54, 1.807) is 0 Å². The minimum absolute atomic E-state index is 0.140. The molecule has 0 bridgehead atoms. The van der Waals surface area contributed by atoms with Crippen LogP contribution in [0.3, 0.4) is 0 Å². The average Bonchev–Trinajstić information content (AvgIpc) is 2.88. The van der Waals surface area contributed by atoms with Crippen LogP contribution in [0.15, 0.2) is 18.9 Å². The van der Waals surface area contributed by atoms with E-state index in [1.165, 1.54) is 19.3 Å². The van der Waals surface area contributed by atoms with Crippen molar-refractivity contribution in [3.8, 4) is 11.5 Å². The summed E-state index contributed by atoms with van der Waals surface area (Å²) >= 11 is 0. The number of rotatable bonds is 7. The van der Waals surface area contributed by atoms with Gasteiger partial charge in [0.25, 0.3) is 0 Å². The van der Waals surface area contributed by atoms with E-state index in [0.29, 0.717) is 5.56 Å². The first-order valence-corrected chi connectivity index (χ1v) is 11.6. The lowest BCUT2D eigenvalue weighted by atomic mass is 9.90. The Kier molecular flexibility index (Phi) is 7.41. The van der Waals surface area contributed by atoms with E-state index >= 15 is 8.78 Å². The largest absolute Gasteiger partial charge is 0.491 e. The molecular weight excluding hydrogens is 493 g/mol. The lowest BCUT2D eigenvalue weighted by Gasteiger charge is -2.35. The van der Waals surface area contributed by atoms with Gasteiger partial charge in [-0.1, -0.05) is 19.4 Å². The summed E-state index contributed by atoms with van der Waals surface area (Å²) in [6.07, 6.45) is 6.12. The summed E-state index contributed by atoms with van der Waals surface area (Å²) in [4.78, 5) is 35.7. The van der Waals surface area contributed by atoms with Gasteiger partial charge in [-0.2, -0.15) is 9.37 Å². The predicted molar refractivity (Wildman–Crippen MR) is 129 cm³/mol. The fourth-order valence-corrected chi connectivity index (χ4v) is 4.64. The van der Waals surface area contributed by atoms with Crippen molar-refractivity contribution in [2.24, 2.45) is 0 Å². The van der Waals surface area contributed by atoms with Gasteiger partial charge in [0.2, 0.25) is 17.7 Å². The highest BCUT2D eigenvalue weighted by atomic mass is 19.1. The van der Waals surface area contributed by atoms with Gasteiger partial charge in [0.1, 0.15) is 11.5 Å². The molecule has 2 N–H and O–H groups in total. The Morgan fingerprint density at radius 3 is 2.32 bits per heavy atom. The summed E-state index contributed by atoms with van der Waals surface area (Å²) in [5.74, 6) is -5.68. The maximum atomic E-state index is 15.1. The summed E-state index contributed by atoms with van der Waals surface area (Å²) in [5, 5.41) is 6.14. The Balaban J connectivity index is 1.64. The molecule has 1 saturated carbocycles. The minimum atomic E-state index is -1.38. The number of urea groups is 1. The van der Waals surface area contributed by atoms with Crippen molar-refractivity contribution < 1.29 is 32.2 Å². The number of amides is 3. The van der Waals surface area contributed by atoms with Crippen molar-refractivity contribution in [3.05, 3.63) is 41.9 Å². The molecule has 0 spiro atoms. The molecule has 10 nitrogen and oxygen atoms in total. The van der Waals surface area contributed by atoms with Crippen molar-refractivity contribution in [3.63, 3.8) is 0 Å². The molecule has 37 heavy (non-hydrogen) atoms. The van der Waals surface area contributed by atoms with Crippen LogP contribution in [0.4, 0.5) is 35.4 Å². The molecule has 2 atom stereocenters. The van der Waals surface area contributed by atoms with Crippen LogP contribution in [-0.2, 0) is 11.3 Å². The molecule has 2 heterocycles. The standard InChI is InChI=1S/C24H27F3N6O4/c1-5-15(34)29-13-8-6-7-9-14(13)30-23-28-10-12-11-33(24(35)32(2)22(12)31-23)19-16(25)20(36-3)18(27)21(37-4)17(19)26/h5,10,13-14H,1,6-9,11H2,2-4H3,(H,29,34)(H,28,30,31). The van der Waals surface area contributed by atoms with Gasteiger partial charge >= 0.3 is 6.03 Å². The molecule has 4 rings (SSSR count). The molecule has 1 aromatic carbocycles. The molecule has 0 saturated heterocycles. The lowest BCUT2D eigenvalue weighted by Crippen LogP contribution is -2.49. The zero-order chi connectivity index (χ0) is 26.9. The molecule has 2 unspecified atom stereocenters. The number of fused-ring (bicyclic) bond motifs is 1. The van der Waals surface area contributed by atoms with Crippen LogP contribution < -0.4 is 29.9 Å². The minimum Gasteiger partial charge on any atom is -0.491 e. The molecular formula is C24H27F3N6O4. The number of carbonyl (C=O) groups is 2. The highest BCUT2D eigenvalue weighted by Crippen LogP contribution is 2.42. The van der Waals surface area contributed by atoms with Gasteiger partial charge in [-0.25, -0.2) is 18.6 Å². The van der Waals surface area contributed by atoms with Crippen molar-refractivity contribution in [2.45, 2.75) is 44.3 Å². The van der Waals surface area contributed by atoms with Gasteiger partial charge in [0.05, 0.1) is 20.8 Å². The molecule has 2 aromatic rings. The van der Waals surface area contributed by atoms with Gasteiger partial charge in [-0.3, -0.25) is 14.6 Å². The third kappa shape index (κ3) is 4.72. The van der Waals surface area contributed by atoms with Crippen LogP contribution in [0, 0.1) is 17.5 Å². The van der Waals surface area contributed by atoms with E-state index in [-0.39, 0.29) is 36.3 Å². The Morgan fingerprint density at radius 2 is 1.73 bits per heavy atom. The fourth-order valence-electron chi connectivity index (χ4n) is 4.64. The Labute approximate surface area is 211 Å². The molecule has 2 aliphatic rings. The number of nitrogens with one attached hydrogen (secondary N) is 2. The molecule has 1 fully saturated rings. The van der Waals surface area contributed by atoms with E-state index in [2.05, 4.69) is 27.2 Å². The van der Waals surface area contributed by atoms with Crippen LogP contribution in [0.2, 0.25) is 0 Å². The molecule has 1 aliphatic heterocycles. The highest BCUT2D eigenvalue weighted by molar-refractivity contribution is 6.05. The van der Waals surface area contributed by atoms with Gasteiger partial charge < -0.3 is 20.1 Å². The van der Waals surface area contributed by atoms with Gasteiger partial charge in [0.15, 0.2) is 23.1 Å². The zero-order valence-electron chi connectivity index (χ0n) is 20.6. The predicted octanol–water partition coefficient (Wildman–Crippen LogP) is 3.51. The summed E-state index contributed by atoms with van der Waals surface area (Å²) < 4.78 is 54.1. The van der Waals surface area contributed by atoms with E-state index in [0.717, 1.165) is 49.7 Å². The molecule has 1 aliphatic carbocycles. The normalized spacial score (nSPS) is 19.2. The number of hydrogen-bond donors (Lipinski definition) is 2. The molecule has 3 amide bonds. The van der Waals surface area contributed by atoms with E-state index in [4.69, 9.17) is 9.47 Å². The molecule has 1 aromatic heterocycles. The summed E-state index contributed by atoms with van der Waals surface area (Å²) in [7, 11) is 3.43. The van der Waals surface area contributed by atoms with E-state index < -0.39 is 40.7 Å². The number of halogens is 3. The van der Waals surface area contributed by atoms with E-state index in [9.17, 15) is 14.0 Å². The van der Waals surface area contributed by atoms with Crippen LogP contribution in [0.25, 0.3) is 0 Å². The van der Waals surface area contributed by atoms with Crippen molar-refractivity contribution in [1.82, 2.24) is 15.3 Å². The Morgan fingerprint density at radius 1 is 1.11 bits per heavy atom. The average molecular weight is 521 g/mol. The highest BCUT2D eigenvalue weighted by Gasteiger charge is 2.38. The second-order valence-corrected chi connectivity index (χ2v) is 8.68. The quantitative estimate of drug-likeness (QED) is 0.538. The van der Waals surface area contributed by atoms with Crippen molar-refractivity contribution >= 4 is 29.4 Å². The maximum Gasteiger partial charge on any atom is 0.330 e. The SMILES string of the molecule is C=CC(=O)NC1CCCCC1Nc1ncc2c(n1)N(C)C(=O)N(c1c(F)c(OC)c(F)c(OC)c1F)C2. The molecule has 13 heteroatoms. The number of methoxy groups -OCH3 is 2. The number of anilines is 3. The van der Waals surface area contributed by atoms with Crippen molar-refractivity contribution in [1.29, 1.82) is 0 Å². The number of benzene rings is 1. The monoisotopic (exact) mass is 520 g/mol. The van der Waals surface area contributed by atoms with Crippen LogP contribution in [-0.4, -0.2) is 55.3 Å². The topological polar surface area (TPSA) is 109 Å². The maximum absolute atomic E-state index is 15.1. The Bertz CT molecular complexity index is 1210. The first kappa shape index (κ1) is 26.0. The number of hydrogen-bond acceptors (Lipinski definition) is 7. The lowest BCUT2D eigenvalue weighted by molar-refractivity contribution is -0.117. The van der Waals surface area contributed by atoms with Crippen LogP contribution in [0.5, 0.6) is 11.5 Å². The number of carbonyl (C=O) groups excluding carboxylic acids is 2. The number of ether oxygens (including phenoxy) is 2. The number of aromatic nitrogens is 2. The number of nitrogens with zero attached hydrogens (tertiary/aromatic N) is 4. The van der Waals surface area contributed by atoms with E-state index in [1.807, 2.05) is 0 Å². The summed E-state index contributed by atoms with van der Waals surface area (Å²) in [6, 6.07) is -1.10. The first-order valence-electron chi connectivity index (χ1n) is 11.6. The smallest absolute Gasteiger partial charge is 0.330 e. The summed E-state index contributed by atoms with van der Waals surface area (Å²) in [6.45, 7) is 3.20. The third-order valence-electron chi connectivity index (χ3n) is 6.49. The van der Waals surface area contributed by atoms with Crippen molar-refractivity contribution in [2.75, 3.05) is 36.4 Å². The second kappa shape index (κ2) is 10.5. The Hall–Kier alpha value is -4.03. The van der Waals surface area contributed by atoms with Crippen LogP contribution >= 0.6 is 0 Å². The zero-order valence-corrected chi connectivity index (χ0v) is 20.6. The summed E-state index contributed by atoms with van der Waals surface area (Å²) in [5.41, 5.74) is -0.420. The molecule has 198 valence electrons. The van der Waals surface area contributed by atoms with Crippen LogP contribution in [0.1, 0.15) is 31.2 Å². The fraction of sp³-hybridized carbons (Fsp3) is 0.417. The van der Waals surface area contributed by atoms with Gasteiger partial charge in [-0.15, -0.1) is 0 Å². The van der Waals surface area contributed by atoms with Gasteiger partial charge in [0, 0.05) is 30.9 Å².